The van der Waals surface area contributed by atoms with Gasteiger partial charge in [-0.05, 0) is 36.3 Å². The number of methoxy groups -OCH3 is 1. The van der Waals surface area contributed by atoms with Gasteiger partial charge < -0.3 is 14.8 Å². The first kappa shape index (κ1) is 15.3. The van der Waals surface area contributed by atoms with E-state index in [1.165, 1.54) is 12.0 Å². The van der Waals surface area contributed by atoms with E-state index in [9.17, 15) is 0 Å². The van der Waals surface area contributed by atoms with Gasteiger partial charge in [0.2, 0.25) is 0 Å². The topological polar surface area (TPSA) is 43.4 Å². The van der Waals surface area contributed by atoms with E-state index < -0.39 is 0 Å². The molecule has 0 saturated heterocycles. The molecule has 4 nitrogen and oxygen atoms in total. The normalized spacial score (nSPS) is 21.2. The SMILES string of the molecule is COCC[C@H]1C[C@@H]1c1cncc(OCCNC(C)C)c1. The van der Waals surface area contributed by atoms with Crippen molar-refractivity contribution < 1.29 is 9.47 Å². The predicted octanol–water partition coefficient (Wildman–Crippen LogP) is 2.60. The predicted molar refractivity (Wildman–Crippen MR) is 80.2 cm³/mol. The van der Waals surface area contributed by atoms with E-state index in [2.05, 4.69) is 30.2 Å². The van der Waals surface area contributed by atoms with Gasteiger partial charge in [-0.2, -0.15) is 0 Å². The number of pyridine rings is 1. The molecular weight excluding hydrogens is 252 g/mol. The van der Waals surface area contributed by atoms with Crippen LogP contribution in [0.15, 0.2) is 18.5 Å². The highest BCUT2D eigenvalue weighted by Gasteiger charge is 2.37. The molecule has 1 heterocycles. The monoisotopic (exact) mass is 278 g/mol. The average Bonchev–Trinajstić information content (AvgIpc) is 3.21. The Kier molecular flexibility index (Phi) is 5.80. The molecule has 0 aliphatic heterocycles. The van der Waals surface area contributed by atoms with Crippen molar-refractivity contribution in [3.63, 3.8) is 0 Å². The van der Waals surface area contributed by atoms with Crippen LogP contribution in [0.5, 0.6) is 5.75 Å². The first-order chi connectivity index (χ1) is 9.70. The highest BCUT2D eigenvalue weighted by molar-refractivity contribution is 5.30. The molecule has 1 aromatic rings. The van der Waals surface area contributed by atoms with Crippen molar-refractivity contribution >= 4 is 0 Å². The van der Waals surface area contributed by atoms with E-state index >= 15 is 0 Å². The fraction of sp³-hybridized carbons (Fsp3) is 0.688. The van der Waals surface area contributed by atoms with Gasteiger partial charge in [-0.3, -0.25) is 4.98 Å². The van der Waals surface area contributed by atoms with Crippen LogP contribution in [-0.4, -0.2) is 37.9 Å². The quantitative estimate of drug-likeness (QED) is 0.705. The summed E-state index contributed by atoms with van der Waals surface area (Å²) in [5, 5.41) is 3.34. The van der Waals surface area contributed by atoms with E-state index in [1.54, 1.807) is 13.3 Å². The van der Waals surface area contributed by atoms with Gasteiger partial charge >= 0.3 is 0 Å². The summed E-state index contributed by atoms with van der Waals surface area (Å²) in [7, 11) is 1.76. The molecule has 0 bridgehead atoms. The average molecular weight is 278 g/mol. The largest absolute Gasteiger partial charge is 0.491 e. The van der Waals surface area contributed by atoms with Crippen molar-refractivity contribution in [1.82, 2.24) is 10.3 Å². The minimum absolute atomic E-state index is 0.496. The molecule has 0 aromatic carbocycles. The summed E-state index contributed by atoms with van der Waals surface area (Å²) in [4.78, 5) is 4.30. The second-order valence-electron chi connectivity index (χ2n) is 5.80. The number of aromatic nitrogens is 1. The maximum Gasteiger partial charge on any atom is 0.137 e. The van der Waals surface area contributed by atoms with Crippen molar-refractivity contribution in [3.8, 4) is 5.75 Å². The van der Waals surface area contributed by atoms with Gasteiger partial charge in [0.05, 0.1) is 6.20 Å². The molecule has 0 unspecified atom stereocenters. The molecular formula is C16H26N2O2. The Bertz CT molecular complexity index is 409. The van der Waals surface area contributed by atoms with Gasteiger partial charge in [0.25, 0.3) is 0 Å². The van der Waals surface area contributed by atoms with Gasteiger partial charge in [0, 0.05) is 32.5 Å². The summed E-state index contributed by atoms with van der Waals surface area (Å²) < 4.78 is 10.9. The van der Waals surface area contributed by atoms with Gasteiger partial charge in [-0.1, -0.05) is 13.8 Å². The molecule has 2 rings (SSSR count). The smallest absolute Gasteiger partial charge is 0.137 e. The van der Waals surface area contributed by atoms with Crippen molar-refractivity contribution in [2.24, 2.45) is 5.92 Å². The molecule has 0 amide bonds. The lowest BCUT2D eigenvalue weighted by Crippen LogP contribution is -2.27. The summed E-state index contributed by atoms with van der Waals surface area (Å²) in [6.07, 6.45) is 6.16. The zero-order chi connectivity index (χ0) is 14.4. The van der Waals surface area contributed by atoms with E-state index in [0.717, 1.165) is 31.2 Å². The molecule has 112 valence electrons. The lowest BCUT2D eigenvalue weighted by atomic mass is 10.1. The van der Waals surface area contributed by atoms with Crippen LogP contribution in [0.1, 0.15) is 38.2 Å². The lowest BCUT2D eigenvalue weighted by molar-refractivity contribution is 0.189. The summed E-state index contributed by atoms with van der Waals surface area (Å²) in [6.45, 7) is 6.67. The Morgan fingerprint density at radius 3 is 2.95 bits per heavy atom. The lowest BCUT2D eigenvalue weighted by Gasteiger charge is -2.10. The maximum absolute atomic E-state index is 5.74. The van der Waals surface area contributed by atoms with Crippen LogP contribution in [-0.2, 0) is 4.74 Å². The zero-order valence-corrected chi connectivity index (χ0v) is 12.8. The summed E-state index contributed by atoms with van der Waals surface area (Å²) in [6, 6.07) is 2.64. The van der Waals surface area contributed by atoms with Gasteiger partial charge in [-0.15, -0.1) is 0 Å². The molecule has 1 aliphatic rings. The van der Waals surface area contributed by atoms with Crippen molar-refractivity contribution in [1.29, 1.82) is 0 Å². The molecule has 4 heteroatoms. The second kappa shape index (κ2) is 7.60. The number of hydrogen-bond acceptors (Lipinski definition) is 4. The van der Waals surface area contributed by atoms with Crippen molar-refractivity contribution in [2.45, 2.75) is 38.6 Å². The third-order valence-corrected chi connectivity index (χ3v) is 3.70. The fourth-order valence-corrected chi connectivity index (χ4v) is 2.48. The molecule has 0 spiro atoms. The minimum atomic E-state index is 0.496. The van der Waals surface area contributed by atoms with Crippen LogP contribution in [0.3, 0.4) is 0 Å². The van der Waals surface area contributed by atoms with Crippen LogP contribution in [0.4, 0.5) is 0 Å². The van der Waals surface area contributed by atoms with Gasteiger partial charge in [0.1, 0.15) is 12.4 Å². The summed E-state index contributed by atoms with van der Waals surface area (Å²) >= 11 is 0. The standard InChI is InChI=1S/C16H26N2O2/c1-12(2)18-5-7-20-15-8-14(10-17-11-15)16-9-13(16)4-6-19-3/h8,10-13,16,18H,4-7,9H2,1-3H3/t13-,16-/m0/s1. The number of ether oxygens (including phenoxy) is 2. The third kappa shape index (κ3) is 4.76. The number of nitrogens with zero attached hydrogens (tertiary/aromatic N) is 1. The number of rotatable bonds is 9. The van der Waals surface area contributed by atoms with Crippen LogP contribution in [0.25, 0.3) is 0 Å². The van der Waals surface area contributed by atoms with Gasteiger partial charge in [-0.25, -0.2) is 0 Å². The Morgan fingerprint density at radius 2 is 2.20 bits per heavy atom. The van der Waals surface area contributed by atoms with Crippen molar-refractivity contribution in [3.05, 3.63) is 24.0 Å². The molecule has 2 atom stereocenters. The van der Waals surface area contributed by atoms with Crippen LogP contribution >= 0.6 is 0 Å². The summed E-state index contributed by atoms with van der Waals surface area (Å²) in [5.74, 6) is 2.29. The number of hydrogen-bond donors (Lipinski definition) is 1. The zero-order valence-electron chi connectivity index (χ0n) is 12.8. The molecule has 1 aromatic heterocycles. The Balaban J connectivity index is 1.77. The van der Waals surface area contributed by atoms with E-state index in [-0.39, 0.29) is 0 Å². The van der Waals surface area contributed by atoms with E-state index in [1.807, 2.05) is 6.20 Å². The van der Waals surface area contributed by atoms with Crippen molar-refractivity contribution in [2.75, 3.05) is 26.9 Å². The number of nitrogens with one attached hydrogen (secondary N) is 1. The van der Waals surface area contributed by atoms with Crippen LogP contribution in [0, 0.1) is 5.92 Å². The maximum atomic E-state index is 5.74. The Hall–Kier alpha value is -1.13. The highest BCUT2D eigenvalue weighted by atomic mass is 16.5. The molecule has 1 saturated carbocycles. The highest BCUT2D eigenvalue weighted by Crippen LogP contribution is 2.49. The first-order valence-corrected chi connectivity index (χ1v) is 7.50. The Labute approximate surface area is 121 Å². The van der Waals surface area contributed by atoms with E-state index in [4.69, 9.17) is 9.47 Å². The van der Waals surface area contributed by atoms with Crippen LogP contribution < -0.4 is 10.1 Å². The van der Waals surface area contributed by atoms with E-state index in [0.29, 0.717) is 18.6 Å². The molecule has 1 fully saturated rings. The first-order valence-electron chi connectivity index (χ1n) is 7.50. The van der Waals surface area contributed by atoms with Gasteiger partial charge in [0.15, 0.2) is 0 Å². The molecule has 20 heavy (non-hydrogen) atoms. The Morgan fingerprint density at radius 1 is 1.35 bits per heavy atom. The second-order valence-corrected chi connectivity index (χ2v) is 5.80. The van der Waals surface area contributed by atoms with Crippen LogP contribution in [0.2, 0.25) is 0 Å². The molecule has 1 aliphatic carbocycles. The molecule has 0 radical (unpaired) electrons. The third-order valence-electron chi connectivity index (χ3n) is 3.70. The minimum Gasteiger partial charge on any atom is -0.491 e. The molecule has 1 N–H and O–H groups in total. The summed E-state index contributed by atoms with van der Waals surface area (Å²) in [5.41, 5.74) is 1.31. The fourth-order valence-electron chi connectivity index (χ4n) is 2.48.